The van der Waals surface area contributed by atoms with E-state index < -0.39 is 0 Å². The minimum Gasteiger partial charge on any atom is -0.486 e. The fraction of sp³-hybridized carbons (Fsp3) is 0.238. The van der Waals surface area contributed by atoms with Crippen LogP contribution in [0, 0.1) is 6.92 Å². The molecule has 1 amide bonds. The summed E-state index contributed by atoms with van der Waals surface area (Å²) in [6.07, 6.45) is 1.99. The van der Waals surface area contributed by atoms with Crippen LogP contribution in [0.5, 0.6) is 5.75 Å². The molecule has 1 aliphatic heterocycles. The molecule has 0 fully saturated rings. The molecular formula is C21H19ClN2O2S. The number of aromatic nitrogens is 1. The molecule has 0 radical (unpaired) electrons. The first-order valence-corrected chi connectivity index (χ1v) is 10.1. The van der Waals surface area contributed by atoms with Crippen LogP contribution in [-0.4, -0.2) is 17.4 Å². The van der Waals surface area contributed by atoms with Crippen molar-refractivity contribution in [3.63, 3.8) is 0 Å². The fourth-order valence-corrected chi connectivity index (χ4v) is 4.31. The zero-order valence-corrected chi connectivity index (χ0v) is 16.5. The van der Waals surface area contributed by atoms with E-state index in [0.717, 1.165) is 41.5 Å². The van der Waals surface area contributed by atoms with E-state index in [9.17, 15) is 4.79 Å². The topological polar surface area (TPSA) is 42.4 Å². The van der Waals surface area contributed by atoms with Gasteiger partial charge >= 0.3 is 0 Å². The molecule has 0 atom stereocenters. The maximum Gasteiger partial charge on any atom is 0.270 e. The van der Waals surface area contributed by atoms with Gasteiger partial charge in [-0.1, -0.05) is 29.8 Å². The van der Waals surface area contributed by atoms with Gasteiger partial charge < -0.3 is 9.64 Å². The average molecular weight is 399 g/mol. The largest absolute Gasteiger partial charge is 0.486 e. The predicted octanol–water partition coefficient (Wildman–Crippen LogP) is 5.28. The summed E-state index contributed by atoms with van der Waals surface area (Å²) in [5, 5.41) is 1.46. The number of rotatable bonds is 4. The van der Waals surface area contributed by atoms with E-state index in [0.29, 0.717) is 16.5 Å². The van der Waals surface area contributed by atoms with Crippen molar-refractivity contribution in [2.45, 2.75) is 26.4 Å². The SMILES string of the molecule is Cc1nc(COc2ccc(Cl)cc2)sc1C(=O)N1CCCc2ccccc21. The molecule has 3 aromatic rings. The fourth-order valence-electron chi connectivity index (χ4n) is 3.26. The second-order valence-corrected chi connectivity index (χ2v) is 7.97. The van der Waals surface area contributed by atoms with Gasteiger partial charge in [0.2, 0.25) is 0 Å². The molecule has 0 unspecified atom stereocenters. The highest BCUT2D eigenvalue weighted by Gasteiger charge is 2.26. The number of thiazole rings is 1. The summed E-state index contributed by atoms with van der Waals surface area (Å²) in [4.78, 5) is 20.2. The van der Waals surface area contributed by atoms with Gasteiger partial charge in [0.15, 0.2) is 0 Å². The number of fused-ring (bicyclic) bond motifs is 1. The Morgan fingerprint density at radius 3 is 2.81 bits per heavy atom. The minimum atomic E-state index is 0.0230. The van der Waals surface area contributed by atoms with Crippen LogP contribution in [0.3, 0.4) is 0 Å². The zero-order chi connectivity index (χ0) is 18.8. The van der Waals surface area contributed by atoms with Crippen molar-refractivity contribution in [3.05, 3.63) is 74.7 Å². The Balaban J connectivity index is 1.51. The lowest BCUT2D eigenvalue weighted by molar-refractivity contribution is 0.0988. The number of para-hydroxylation sites is 1. The molecular weight excluding hydrogens is 380 g/mol. The number of hydrogen-bond acceptors (Lipinski definition) is 4. The number of halogens is 1. The van der Waals surface area contributed by atoms with E-state index in [1.54, 1.807) is 12.1 Å². The van der Waals surface area contributed by atoms with Crippen LogP contribution in [0.4, 0.5) is 5.69 Å². The molecule has 4 nitrogen and oxygen atoms in total. The number of ether oxygens (including phenoxy) is 1. The number of benzene rings is 2. The first-order valence-electron chi connectivity index (χ1n) is 8.86. The van der Waals surface area contributed by atoms with Crippen molar-refractivity contribution < 1.29 is 9.53 Å². The third kappa shape index (κ3) is 3.84. The van der Waals surface area contributed by atoms with E-state index in [1.807, 2.05) is 42.2 Å². The van der Waals surface area contributed by atoms with Gasteiger partial charge in [0.25, 0.3) is 5.91 Å². The summed E-state index contributed by atoms with van der Waals surface area (Å²) in [6, 6.07) is 15.3. The zero-order valence-electron chi connectivity index (χ0n) is 14.9. The van der Waals surface area contributed by atoms with E-state index in [2.05, 4.69) is 11.1 Å². The normalized spacial score (nSPS) is 13.3. The van der Waals surface area contributed by atoms with Crippen LogP contribution in [0.2, 0.25) is 5.02 Å². The summed E-state index contributed by atoms with van der Waals surface area (Å²) in [5.74, 6) is 0.750. The van der Waals surface area contributed by atoms with Crippen LogP contribution < -0.4 is 9.64 Å². The Hall–Kier alpha value is -2.37. The average Bonchev–Trinajstić information content (AvgIpc) is 3.07. The lowest BCUT2D eigenvalue weighted by Gasteiger charge is -2.29. The Morgan fingerprint density at radius 1 is 1.22 bits per heavy atom. The van der Waals surface area contributed by atoms with Gasteiger partial charge in [0, 0.05) is 17.3 Å². The summed E-state index contributed by atoms with van der Waals surface area (Å²) in [7, 11) is 0. The summed E-state index contributed by atoms with van der Waals surface area (Å²) in [6.45, 7) is 2.95. The quantitative estimate of drug-likeness (QED) is 0.600. The molecule has 0 saturated carbocycles. The Labute approximate surface area is 167 Å². The highest BCUT2D eigenvalue weighted by Crippen LogP contribution is 2.30. The number of carbonyl (C=O) groups excluding carboxylic acids is 1. The van der Waals surface area contributed by atoms with Crippen LogP contribution in [0.1, 0.15) is 32.4 Å². The number of aryl methyl sites for hydroxylation is 2. The van der Waals surface area contributed by atoms with Gasteiger partial charge in [0.05, 0.1) is 5.69 Å². The van der Waals surface area contributed by atoms with Crippen LogP contribution in [0.25, 0.3) is 0 Å². The molecule has 1 aromatic heterocycles. The number of carbonyl (C=O) groups is 1. The summed E-state index contributed by atoms with van der Waals surface area (Å²) >= 11 is 7.29. The Kier molecular flexibility index (Phi) is 5.14. The van der Waals surface area contributed by atoms with E-state index in [4.69, 9.17) is 16.3 Å². The number of nitrogens with zero attached hydrogens (tertiary/aromatic N) is 2. The van der Waals surface area contributed by atoms with Gasteiger partial charge in [-0.25, -0.2) is 4.98 Å². The van der Waals surface area contributed by atoms with E-state index in [1.165, 1.54) is 16.9 Å². The van der Waals surface area contributed by atoms with Crippen molar-refractivity contribution >= 4 is 34.5 Å². The molecule has 0 spiro atoms. The summed E-state index contributed by atoms with van der Waals surface area (Å²) < 4.78 is 5.76. The van der Waals surface area contributed by atoms with E-state index >= 15 is 0 Å². The predicted molar refractivity (Wildman–Crippen MR) is 109 cm³/mol. The van der Waals surface area contributed by atoms with Gasteiger partial charge in [-0.3, -0.25) is 4.79 Å². The molecule has 138 valence electrons. The monoisotopic (exact) mass is 398 g/mol. The smallest absolute Gasteiger partial charge is 0.270 e. The third-order valence-electron chi connectivity index (χ3n) is 4.57. The second-order valence-electron chi connectivity index (χ2n) is 6.45. The Morgan fingerprint density at radius 2 is 2.00 bits per heavy atom. The molecule has 0 N–H and O–H groups in total. The van der Waals surface area contributed by atoms with Crippen molar-refractivity contribution in [1.82, 2.24) is 4.98 Å². The minimum absolute atomic E-state index is 0.0230. The lowest BCUT2D eigenvalue weighted by Crippen LogP contribution is -2.35. The molecule has 27 heavy (non-hydrogen) atoms. The first kappa shape index (κ1) is 18.0. The maximum absolute atomic E-state index is 13.1. The number of anilines is 1. The molecule has 2 heterocycles. The molecule has 0 aliphatic carbocycles. The Bertz CT molecular complexity index is 969. The van der Waals surface area contributed by atoms with Crippen LogP contribution in [0.15, 0.2) is 48.5 Å². The van der Waals surface area contributed by atoms with Gasteiger partial charge in [0.1, 0.15) is 22.2 Å². The van der Waals surface area contributed by atoms with Gasteiger partial charge in [-0.05, 0) is 55.7 Å². The van der Waals surface area contributed by atoms with Crippen molar-refractivity contribution in [1.29, 1.82) is 0 Å². The highest BCUT2D eigenvalue weighted by molar-refractivity contribution is 7.13. The maximum atomic E-state index is 13.1. The first-order chi connectivity index (χ1) is 13.1. The van der Waals surface area contributed by atoms with Crippen molar-refractivity contribution in [3.8, 4) is 5.75 Å². The van der Waals surface area contributed by atoms with Gasteiger partial charge in [-0.2, -0.15) is 0 Å². The number of hydrogen-bond donors (Lipinski definition) is 0. The van der Waals surface area contributed by atoms with Crippen molar-refractivity contribution in [2.75, 3.05) is 11.4 Å². The van der Waals surface area contributed by atoms with Crippen LogP contribution in [-0.2, 0) is 13.0 Å². The standard InChI is InChI=1S/C21H19ClN2O2S/c1-14-20(21(25)24-12-4-6-15-5-2-3-7-18(15)24)27-19(23-14)13-26-17-10-8-16(22)9-11-17/h2-3,5,7-11H,4,6,12-13H2,1H3. The second kappa shape index (κ2) is 7.71. The van der Waals surface area contributed by atoms with E-state index in [-0.39, 0.29) is 5.91 Å². The van der Waals surface area contributed by atoms with Crippen LogP contribution >= 0.6 is 22.9 Å². The summed E-state index contributed by atoms with van der Waals surface area (Å²) in [5.41, 5.74) is 2.99. The number of amides is 1. The lowest BCUT2D eigenvalue weighted by atomic mass is 10.0. The molecule has 6 heteroatoms. The molecule has 0 bridgehead atoms. The molecule has 2 aromatic carbocycles. The molecule has 0 saturated heterocycles. The molecule has 1 aliphatic rings. The van der Waals surface area contributed by atoms with Gasteiger partial charge in [-0.15, -0.1) is 11.3 Å². The van der Waals surface area contributed by atoms with Crippen molar-refractivity contribution in [2.24, 2.45) is 0 Å². The highest BCUT2D eigenvalue weighted by atomic mass is 35.5. The molecule has 4 rings (SSSR count). The third-order valence-corrected chi connectivity index (χ3v) is 5.94.